The Kier molecular flexibility index (Phi) is 2.81. The number of nitrogens with zero attached hydrogens (tertiary/aromatic N) is 1. The van der Waals surface area contributed by atoms with Crippen molar-refractivity contribution < 1.29 is 9.72 Å². The van der Waals surface area contributed by atoms with Gasteiger partial charge in [-0.05, 0) is 25.0 Å². The minimum Gasteiger partial charge on any atom is -0.328 e. The smallest absolute Gasteiger partial charge is 0.270 e. The van der Waals surface area contributed by atoms with Crippen LogP contribution in [0.15, 0.2) is 12.1 Å². The van der Waals surface area contributed by atoms with Gasteiger partial charge in [-0.2, -0.15) is 0 Å². The van der Waals surface area contributed by atoms with Crippen molar-refractivity contribution in [1.29, 1.82) is 0 Å². The van der Waals surface area contributed by atoms with Crippen molar-refractivity contribution in [3.05, 3.63) is 33.4 Å². The lowest BCUT2D eigenvalue weighted by molar-refractivity contribution is -0.384. The Morgan fingerprint density at radius 2 is 1.86 bits per heavy atom. The lowest BCUT2D eigenvalue weighted by Crippen LogP contribution is -2.00. The van der Waals surface area contributed by atoms with Gasteiger partial charge in [0.25, 0.3) is 5.69 Å². The van der Waals surface area contributed by atoms with E-state index in [2.05, 4.69) is 5.32 Å². The molecular weight excluding hydrogens is 184 g/mol. The summed E-state index contributed by atoms with van der Waals surface area (Å²) < 4.78 is 0. The quantitative estimate of drug-likeness (QED) is 0.453. The summed E-state index contributed by atoms with van der Waals surface area (Å²) >= 11 is 0. The van der Waals surface area contributed by atoms with Crippen molar-refractivity contribution in [2.75, 3.05) is 5.32 Å². The summed E-state index contributed by atoms with van der Waals surface area (Å²) in [5.41, 5.74) is 2.04. The van der Waals surface area contributed by atoms with E-state index >= 15 is 0 Å². The average molecular weight is 194 g/mol. The fourth-order valence-corrected chi connectivity index (χ4v) is 1.33. The van der Waals surface area contributed by atoms with E-state index in [0.717, 1.165) is 0 Å². The number of hydrogen-bond donors (Lipinski definition) is 1. The van der Waals surface area contributed by atoms with E-state index in [1.807, 2.05) is 0 Å². The van der Waals surface area contributed by atoms with Crippen molar-refractivity contribution in [3.63, 3.8) is 0 Å². The lowest BCUT2D eigenvalue weighted by atomic mass is 10.1. The third-order valence-corrected chi connectivity index (χ3v) is 1.93. The first-order valence-corrected chi connectivity index (χ1v) is 4.02. The number of benzene rings is 1. The predicted octanol–water partition coefficient (Wildman–Crippen LogP) is 1.78. The summed E-state index contributed by atoms with van der Waals surface area (Å²) in [6, 6.07) is 2.86. The molecule has 0 aliphatic rings. The molecule has 0 aliphatic heterocycles. The third-order valence-electron chi connectivity index (χ3n) is 1.93. The SMILES string of the molecule is Cc1cc([N+](=O)[O-])cc(C)c1NC=O. The molecule has 0 aliphatic carbocycles. The average Bonchev–Trinajstić information content (AvgIpc) is 2.10. The van der Waals surface area contributed by atoms with Crippen LogP contribution in [0.5, 0.6) is 0 Å². The summed E-state index contributed by atoms with van der Waals surface area (Å²) in [7, 11) is 0. The standard InChI is InChI=1S/C9H10N2O3/c1-6-3-8(11(13)14)4-7(2)9(6)10-5-12/h3-5H,1-2H3,(H,10,12). The lowest BCUT2D eigenvalue weighted by Gasteiger charge is -2.07. The number of anilines is 1. The van der Waals surface area contributed by atoms with Crippen LogP contribution in [-0.2, 0) is 4.79 Å². The molecule has 0 spiro atoms. The number of nitro benzene ring substituents is 1. The summed E-state index contributed by atoms with van der Waals surface area (Å²) in [6.45, 7) is 3.43. The first-order valence-electron chi connectivity index (χ1n) is 4.02. The summed E-state index contributed by atoms with van der Waals surface area (Å²) in [6.07, 6.45) is 0.557. The molecule has 0 saturated carbocycles. The molecule has 0 heterocycles. The molecule has 1 aromatic carbocycles. The van der Waals surface area contributed by atoms with Gasteiger partial charge >= 0.3 is 0 Å². The van der Waals surface area contributed by atoms with Gasteiger partial charge in [0.2, 0.25) is 6.41 Å². The van der Waals surface area contributed by atoms with E-state index in [-0.39, 0.29) is 5.69 Å². The first kappa shape index (κ1) is 10.2. The largest absolute Gasteiger partial charge is 0.328 e. The van der Waals surface area contributed by atoms with Crippen molar-refractivity contribution in [3.8, 4) is 0 Å². The molecule has 1 aromatic rings. The van der Waals surface area contributed by atoms with E-state index in [9.17, 15) is 14.9 Å². The number of rotatable bonds is 3. The number of carbonyl (C=O) groups excluding carboxylic acids is 1. The number of non-ortho nitro benzene ring substituents is 1. The second kappa shape index (κ2) is 3.87. The maximum absolute atomic E-state index is 10.5. The topological polar surface area (TPSA) is 72.2 Å². The Labute approximate surface area is 80.9 Å². The van der Waals surface area contributed by atoms with Crippen LogP contribution in [-0.4, -0.2) is 11.3 Å². The number of hydrogen-bond acceptors (Lipinski definition) is 3. The molecule has 0 radical (unpaired) electrons. The molecule has 1 N–H and O–H groups in total. The van der Waals surface area contributed by atoms with E-state index in [1.54, 1.807) is 13.8 Å². The normalized spacial score (nSPS) is 9.57. The number of amides is 1. The molecule has 1 amide bonds. The van der Waals surface area contributed by atoms with Gasteiger partial charge in [-0.3, -0.25) is 14.9 Å². The third kappa shape index (κ3) is 1.87. The number of aryl methyl sites for hydroxylation is 2. The van der Waals surface area contributed by atoms with Crippen molar-refractivity contribution in [2.45, 2.75) is 13.8 Å². The highest BCUT2D eigenvalue weighted by Gasteiger charge is 2.10. The fourth-order valence-electron chi connectivity index (χ4n) is 1.33. The number of carbonyl (C=O) groups is 1. The van der Waals surface area contributed by atoms with Crippen LogP contribution in [0, 0.1) is 24.0 Å². The van der Waals surface area contributed by atoms with E-state index in [0.29, 0.717) is 23.2 Å². The van der Waals surface area contributed by atoms with Crippen molar-refractivity contribution in [1.82, 2.24) is 0 Å². The van der Waals surface area contributed by atoms with Crippen molar-refractivity contribution in [2.24, 2.45) is 0 Å². The van der Waals surface area contributed by atoms with Crippen LogP contribution in [0.25, 0.3) is 0 Å². The van der Waals surface area contributed by atoms with E-state index in [4.69, 9.17) is 0 Å². The van der Waals surface area contributed by atoms with Crippen LogP contribution in [0.1, 0.15) is 11.1 Å². The fraction of sp³-hybridized carbons (Fsp3) is 0.222. The zero-order chi connectivity index (χ0) is 10.7. The van der Waals surface area contributed by atoms with Gasteiger partial charge in [0.1, 0.15) is 0 Å². The highest BCUT2D eigenvalue weighted by Crippen LogP contribution is 2.25. The zero-order valence-corrected chi connectivity index (χ0v) is 7.90. The summed E-state index contributed by atoms with van der Waals surface area (Å²) in [5.74, 6) is 0. The van der Waals surface area contributed by atoms with E-state index < -0.39 is 4.92 Å². The van der Waals surface area contributed by atoms with Crippen LogP contribution in [0.4, 0.5) is 11.4 Å². The van der Waals surface area contributed by atoms with Gasteiger partial charge in [-0.15, -0.1) is 0 Å². The van der Waals surface area contributed by atoms with Crippen molar-refractivity contribution >= 4 is 17.8 Å². The molecule has 5 nitrogen and oxygen atoms in total. The molecule has 0 atom stereocenters. The monoisotopic (exact) mass is 194 g/mol. The predicted molar refractivity (Wildman–Crippen MR) is 52.3 cm³/mol. The molecule has 1 rings (SSSR count). The molecule has 0 aromatic heterocycles. The molecule has 0 unspecified atom stereocenters. The molecule has 14 heavy (non-hydrogen) atoms. The Morgan fingerprint density at radius 3 is 2.21 bits per heavy atom. The Hall–Kier alpha value is -1.91. The first-order chi connectivity index (χ1) is 6.56. The van der Waals surface area contributed by atoms with E-state index in [1.165, 1.54) is 12.1 Å². The Bertz CT molecular complexity index is 365. The minimum atomic E-state index is -0.454. The Morgan fingerprint density at radius 1 is 1.36 bits per heavy atom. The van der Waals surface area contributed by atoms with Gasteiger partial charge in [-0.25, -0.2) is 0 Å². The van der Waals surface area contributed by atoms with Crippen LogP contribution < -0.4 is 5.32 Å². The Balaban J connectivity index is 3.24. The van der Waals surface area contributed by atoms with Gasteiger partial charge in [-0.1, -0.05) is 0 Å². The molecular formula is C9H10N2O3. The second-order valence-corrected chi connectivity index (χ2v) is 2.97. The van der Waals surface area contributed by atoms with Gasteiger partial charge in [0.15, 0.2) is 0 Å². The molecule has 0 bridgehead atoms. The molecule has 5 heteroatoms. The van der Waals surface area contributed by atoms with Crippen LogP contribution >= 0.6 is 0 Å². The summed E-state index contributed by atoms with van der Waals surface area (Å²) in [5, 5.41) is 13.0. The number of nitrogens with one attached hydrogen (secondary N) is 1. The molecule has 0 fully saturated rings. The summed E-state index contributed by atoms with van der Waals surface area (Å²) in [4.78, 5) is 20.3. The molecule has 74 valence electrons. The van der Waals surface area contributed by atoms with Gasteiger partial charge in [0, 0.05) is 17.8 Å². The maximum Gasteiger partial charge on any atom is 0.270 e. The van der Waals surface area contributed by atoms with Crippen LogP contribution in [0.2, 0.25) is 0 Å². The van der Waals surface area contributed by atoms with Crippen LogP contribution in [0.3, 0.4) is 0 Å². The van der Waals surface area contributed by atoms with Gasteiger partial charge < -0.3 is 5.32 Å². The van der Waals surface area contributed by atoms with Gasteiger partial charge in [0.05, 0.1) is 4.92 Å². The number of nitro groups is 1. The second-order valence-electron chi connectivity index (χ2n) is 2.97. The minimum absolute atomic E-state index is 0.0384. The maximum atomic E-state index is 10.5. The highest BCUT2D eigenvalue weighted by molar-refractivity contribution is 5.76. The molecule has 0 saturated heterocycles. The zero-order valence-electron chi connectivity index (χ0n) is 7.90. The highest BCUT2D eigenvalue weighted by atomic mass is 16.6.